The van der Waals surface area contributed by atoms with Crippen molar-refractivity contribution in [1.29, 1.82) is 0 Å². The first-order valence-corrected chi connectivity index (χ1v) is 6.73. The van der Waals surface area contributed by atoms with Crippen LogP contribution in [0.4, 0.5) is 0 Å². The SMILES string of the molecule is COCCN=C(NN)NC(C)c1cc(C)sc1C. The van der Waals surface area contributed by atoms with Crippen molar-refractivity contribution in [3.8, 4) is 0 Å². The van der Waals surface area contributed by atoms with Gasteiger partial charge in [0.25, 0.3) is 0 Å². The van der Waals surface area contributed by atoms with E-state index >= 15 is 0 Å². The molecule has 0 aliphatic carbocycles. The Morgan fingerprint density at radius 3 is 2.78 bits per heavy atom. The van der Waals surface area contributed by atoms with Crippen LogP contribution in [0, 0.1) is 13.8 Å². The Labute approximate surface area is 112 Å². The van der Waals surface area contributed by atoms with Gasteiger partial charge in [0.05, 0.1) is 19.2 Å². The normalized spacial score (nSPS) is 13.5. The molecule has 1 aromatic rings. The summed E-state index contributed by atoms with van der Waals surface area (Å²) in [5, 5.41) is 3.26. The van der Waals surface area contributed by atoms with Crippen molar-refractivity contribution in [1.82, 2.24) is 10.7 Å². The van der Waals surface area contributed by atoms with Crippen LogP contribution in [0.5, 0.6) is 0 Å². The zero-order valence-electron chi connectivity index (χ0n) is 11.4. The summed E-state index contributed by atoms with van der Waals surface area (Å²) < 4.78 is 4.95. The molecule has 0 saturated heterocycles. The number of hydrazine groups is 1. The summed E-state index contributed by atoms with van der Waals surface area (Å²) in [6.45, 7) is 7.50. The van der Waals surface area contributed by atoms with E-state index in [-0.39, 0.29) is 6.04 Å². The Morgan fingerprint density at radius 2 is 2.28 bits per heavy atom. The van der Waals surface area contributed by atoms with Crippen molar-refractivity contribution < 1.29 is 4.74 Å². The van der Waals surface area contributed by atoms with E-state index in [9.17, 15) is 0 Å². The molecular formula is C12H22N4OS. The van der Waals surface area contributed by atoms with Gasteiger partial charge in [-0.3, -0.25) is 5.43 Å². The Balaban J connectivity index is 2.64. The molecule has 1 aromatic heterocycles. The number of guanidine groups is 1. The Morgan fingerprint density at radius 1 is 1.56 bits per heavy atom. The van der Waals surface area contributed by atoms with E-state index in [4.69, 9.17) is 10.6 Å². The maximum absolute atomic E-state index is 5.44. The zero-order chi connectivity index (χ0) is 13.5. The quantitative estimate of drug-likeness (QED) is 0.249. The third-order valence-corrected chi connectivity index (χ3v) is 3.58. The van der Waals surface area contributed by atoms with Gasteiger partial charge in [0.2, 0.25) is 5.96 Å². The predicted molar refractivity (Wildman–Crippen MR) is 76.8 cm³/mol. The van der Waals surface area contributed by atoms with Crippen LogP contribution in [-0.2, 0) is 4.74 Å². The summed E-state index contributed by atoms with van der Waals surface area (Å²) in [6, 6.07) is 2.37. The summed E-state index contributed by atoms with van der Waals surface area (Å²) in [7, 11) is 1.65. The maximum atomic E-state index is 5.44. The molecule has 1 atom stereocenters. The molecule has 0 aliphatic rings. The van der Waals surface area contributed by atoms with Crippen LogP contribution in [0.15, 0.2) is 11.1 Å². The lowest BCUT2D eigenvalue weighted by Gasteiger charge is -2.16. The number of thiophene rings is 1. The van der Waals surface area contributed by atoms with Crippen LogP contribution in [0.3, 0.4) is 0 Å². The minimum atomic E-state index is 0.173. The Hall–Kier alpha value is -1.11. The summed E-state index contributed by atoms with van der Waals surface area (Å²) >= 11 is 1.80. The summed E-state index contributed by atoms with van der Waals surface area (Å²) in [6.07, 6.45) is 0. The minimum absolute atomic E-state index is 0.173. The smallest absolute Gasteiger partial charge is 0.206 e. The number of ether oxygens (including phenoxy) is 1. The number of hydrogen-bond acceptors (Lipinski definition) is 4. The minimum Gasteiger partial charge on any atom is -0.383 e. The zero-order valence-corrected chi connectivity index (χ0v) is 12.2. The highest BCUT2D eigenvalue weighted by molar-refractivity contribution is 7.12. The molecule has 0 aliphatic heterocycles. The van der Waals surface area contributed by atoms with Gasteiger partial charge >= 0.3 is 0 Å². The predicted octanol–water partition coefficient (Wildman–Crippen LogP) is 1.48. The molecule has 0 bridgehead atoms. The van der Waals surface area contributed by atoms with Crippen LogP contribution in [0.2, 0.25) is 0 Å². The largest absolute Gasteiger partial charge is 0.383 e. The van der Waals surface area contributed by atoms with Gasteiger partial charge in [-0.25, -0.2) is 10.8 Å². The summed E-state index contributed by atoms with van der Waals surface area (Å²) in [5.74, 6) is 6.03. The van der Waals surface area contributed by atoms with Crippen molar-refractivity contribution in [2.24, 2.45) is 10.8 Å². The number of aliphatic imine (C=N–C) groups is 1. The highest BCUT2D eigenvalue weighted by atomic mass is 32.1. The molecule has 1 rings (SSSR count). The summed E-state index contributed by atoms with van der Waals surface area (Å²) in [5.41, 5.74) is 3.86. The fourth-order valence-electron chi connectivity index (χ4n) is 1.74. The second-order valence-corrected chi connectivity index (χ2v) is 5.56. The van der Waals surface area contributed by atoms with Crippen LogP contribution >= 0.6 is 11.3 Å². The standard InChI is InChI=1S/C12H22N4OS/c1-8-7-11(10(3)18-8)9(2)15-12(16-13)14-5-6-17-4/h7,9H,5-6,13H2,1-4H3,(H2,14,15,16). The van der Waals surface area contributed by atoms with Crippen molar-refractivity contribution in [3.05, 3.63) is 21.4 Å². The van der Waals surface area contributed by atoms with Crippen molar-refractivity contribution in [2.75, 3.05) is 20.3 Å². The topological polar surface area (TPSA) is 71.7 Å². The van der Waals surface area contributed by atoms with Crippen molar-refractivity contribution >= 4 is 17.3 Å². The van der Waals surface area contributed by atoms with E-state index in [1.165, 1.54) is 15.3 Å². The fourth-order valence-corrected chi connectivity index (χ4v) is 2.77. The number of rotatable bonds is 5. The van der Waals surface area contributed by atoms with E-state index in [1.54, 1.807) is 18.4 Å². The number of nitrogens with zero attached hydrogens (tertiary/aromatic N) is 1. The van der Waals surface area contributed by atoms with Gasteiger partial charge in [0, 0.05) is 16.9 Å². The molecule has 0 saturated carbocycles. The molecule has 4 N–H and O–H groups in total. The molecule has 5 nitrogen and oxygen atoms in total. The third kappa shape index (κ3) is 4.29. The number of nitrogens with two attached hydrogens (primary N) is 1. The van der Waals surface area contributed by atoms with Gasteiger partial charge in [-0.05, 0) is 32.4 Å². The molecule has 18 heavy (non-hydrogen) atoms. The number of nitrogens with one attached hydrogen (secondary N) is 2. The molecule has 6 heteroatoms. The molecule has 1 heterocycles. The van der Waals surface area contributed by atoms with Gasteiger partial charge in [-0.15, -0.1) is 11.3 Å². The Kier molecular flexibility index (Phi) is 6.11. The number of hydrogen-bond donors (Lipinski definition) is 3. The van der Waals surface area contributed by atoms with Gasteiger partial charge < -0.3 is 10.1 Å². The molecule has 0 aromatic carbocycles. The lowest BCUT2D eigenvalue weighted by atomic mass is 10.1. The maximum Gasteiger partial charge on any atom is 0.206 e. The van der Waals surface area contributed by atoms with Crippen LogP contribution in [0.1, 0.15) is 28.3 Å². The molecule has 0 spiro atoms. The second-order valence-electron chi connectivity index (χ2n) is 4.10. The average molecular weight is 270 g/mol. The van der Waals surface area contributed by atoms with Crippen LogP contribution in [-0.4, -0.2) is 26.2 Å². The van der Waals surface area contributed by atoms with Crippen molar-refractivity contribution in [3.63, 3.8) is 0 Å². The molecule has 0 amide bonds. The van der Waals surface area contributed by atoms with E-state index in [0.29, 0.717) is 19.1 Å². The highest BCUT2D eigenvalue weighted by Crippen LogP contribution is 2.25. The van der Waals surface area contributed by atoms with E-state index in [2.05, 4.69) is 42.6 Å². The highest BCUT2D eigenvalue weighted by Gasteiger charge is 2.12. The number of aryl methyl sites for hydroxylation is 2. The lowest BCUT2D eigenvalue weighted by Crippen LogP contribution is -2.43. The summed E-state index contributed by atoms with van der Waals surface area (Å²) in [4.78, 5) is 6.92. The van der Waals surface area contributed by atoms with Gasteiger partial charge in [0.15, 0.2) is 0 Å². The van der Waals surface area contributed by atoms with Crippen molar-refractivity contribution in [2.45, 2.75) is 26.8 Å². The van der Waals surface area contributed by atoms with Gasteiger partial charge in [0.1, 0.15) is 0 Å². The third-order valence-electron chi connectivity index (χ3n) is 2.60. The average Bonchev–Trinajstić information content (AvgIpc) is 2.67. The first kappa shape index (κ1) is 14.9. The second kappa shape index (κ2) is 7.35. The monoisotopic (exact) mass is 270 g/mol. The molecule has 0 radical (unpaired) electrons. The van der Waals surface area contributed by atoms with Gasteiger partial charge in [-0.2, -0.15) is 0 Å². The first-order valence-electron chi connectivity index (χ1n) is 5.92. The Bertz CT molecular complexity index is 403. The van der Waals surface area contributed by atoms with E-state index in [0.717, 1.165) is 0 Å². The van der Waals surface area contributed by atoms with E-state index < -0.39 is 0 Å². The molecule has 0 fully saturated rings. The van der Waals surface area contributed by atoms with Gasteiger partial charge in [-0.1, -0.05) is 0 Å². The van der Waals surface area contributed by atoms with E-state index in [1.807, 2.05) is 0 Å². The van der Waals surface area contributed by atoms with Crippen LogP contribution in [0.25, 0.3) is 0 Å². The lowest BCUT2D eigenvalue weighted by molar-refractivity contribution is 0.208. The van der Waals surface area contributed by atoms with Crippen LogP contribution < -0.4 is 16.6 Å². The molecular weight excluding hydrogens is 248 g/mol. The molecule has 102 valence electrons. The first-order chi connectivity index (χ1) is 8.58. The fraction of sp³-hybridized carbons (Fsp3) is 0.583. The molecule has 1 unspecified atom stereocenters. The number of methoxy groups -OCH3 is 1.